The fourth-order valence-electron chi connectivity index (χ4n) is 2.52. The minimum absolute atomic E-state index is 0.0647. The van der Waals surface area contributed by atoms with E-state index in [1.54, 1.807) is 4.90 Å². The Kier molecular flexibility index (Phi) is 7.33. The Morgan fingerprint density at radius 2 is 1.76 bits per heavy atom. The molecule has 0 radical (unpaired) electrons. The molecule has 0 bridgehead atoms. The van der Waals surface area contributed by atoms with Gasteiger partial charge in [0.05, 0.1) is 6.54 Å². The molecule has 134 valence electrons. The van der Waals surface area contributed by atoms with Crippen LogP contribution in [0.25, 0.3) is 0 Å². The summed E-state index contributed by atoms with van der Waals surface area (Å²) in [5, 5.41) is 2.92. The van der Waals surface area contributed by atoms with Crippen molar-refractivity contribution in [3.63, 3.8) is 0 Å². The SMILES string of the molecule is CCN(Cc1ccccc1)C(=O)NCCOc1ccc(C(C)C)cc1. The maximum atomic E-state index is 12.3. The van der Waals surface area contributed by atoms with Crippen LogP contribution < -0.4 is 10.1 Å². The zero-order chi connectivity index (χ0) is 18.1. The molecule has 0 aliphatic carbocycles. The molecule has 4 heteroatoms. The summed E-state index contributed by atoms with van der Waals surface area (Å²) in [6.07, 6.45) is 0. The highest BCUT2D eigenvalue weighted by Crippen LogP contribution is 2.18. The highest BCUT2D eigenvalue weighted by Gasteiger charge is 2.11. The third-order valence-electron chi connectivity index (χ3n) is 4.08. The summed E-state index contributed by atoms with van der Waals surface area (Å²) in [7, 11) is 0. The summed E-state index contributed by atoms with van der Waals surface area (Å²) in [5.41, 5.74) is 2.42. The van der Waals surface area contributed by atoms with E-state index in [2.05, 4.69) is 31.3 Å². The molecular formula is C21H28N2O2. The van der Waals surface area contributed by atoms with E-state index >= 15 is 0 Å². The summed E-state index contributed by atoms with van der Waals surface area (Å²) >= 11 is 0. The number of amides is 2. The Balaban J connectivity index is 1.73. The molecule has 0 atom stereocenters. The molecule has 0 aromatic heterocycles. The number of hydrogen-bond acceptors (Lipinski definition) is 2. The van der Waals surface area contributed by atoms with E-state index in [9.17, 15) is 4.79 Å². The molecule has 25 heavy (non-hydrogen) atoms. The average Bonchev–Trinajstić information content (AvgIpc) is 2.64. The molecular weight excluding hydrogens is 312 g/mol. The first-order valence-corrected chi connectivity index (χ1v) is 8.89. The van der Waals surface area contributed by atoms with E-state index in [-0.39, 0.29) is 6.03 Å². The minimum Gasteiger partial charge on any atom is -0.492 e. The van der Waals surface area contributed by atoms with Gasteiger partial charge in [-0.1, -0.05) is 56.3 Å². The van der Waals surface area contributed by atoms with Crippen molar-refractivity contribution in [2.24, 2.45) is 0 Å². The third-order valence-corrected chi connectivity index (χ3v) is 4.08. The van der Waals surface area contributed by atoms with Gasteiger partial charge < -0.3 is 15.0 Å². The van der Waals surface area contributed by atoms with Crippen molar-refractivity contribution in [3.05, 3.63) is 65.7 Å². The van der Waals surface area contributed by atoms with Gasteiger partial charge in [-0.3, -0.25) is 0 Å². The van der Waals surface area contributed by atoms with Gasteiger partial charge in [0.15, 0.2) is 0 Å². The van der Waals surface area contributed by atoms with Crippen LogP contribution in [0.5, 0.6) is 5.75 Å². The Morgan fingerprint density at radius 3 is 2.36 bits per heavy atom. The number of ether oxygens (including phenoxy) is 1. The molecule has 2 aromatic rings. The van der Waals surface area contributed by atoms with Crippen LogP contribution in [0.3, 0.4) is 0 Å². The van der Waals surface area contributed by atoms with E-state index in [0.717, 1.165) is 11.3 Å². The van der Waals surface area contributed by atoms with Crippen molar-refractivity contribution in [2.75, 3.05) is 19.7 Å². The van der Waals surface area contributed by atoms with Gasteiger partial charge in [-0.05, 0) is 36.1 Å². The van der Waals surface area contributed by atoms with Crippen LogP contribution in [0.2, 0.25) is 0 Å². The molecule has 0 aliphatic rings. The number of nitrogens with zero attached hydrogens (tertiary/aromatic N) is 1. The summed E-state index contributed by atoms with van der Waals surface area (Å²) in [6.45, 7) is 8.53. The second-order valence-corrected chi connectivity index (χ2v) is 6.30. The average molecular weight is 340 g/mol. The lowest BCUT2D eigenvalue weighted by Crippen LogP contribution is -2.41. The highest BCUT2D eigenvalue weighted by atomic mass is 16.5. The molecule has 2 aromatic carbocycles. The third kappa shape index (κ3) is 6.14. The molecule has 4 nitrogen and oxygen atoms in total. The zero-order valence-electron chi connectivity index (χ0n) is 15.4. The Bertz CT molecular complexity index is 639. The second-order valence-electron chi connectivity index (χ2n) is 6.30. The van der Waals surface area contributed by atoms with Crippen LogP contribution in [0, 0.1) is 0 Å². The van der Waals surface area contributed by atoms with Gasteiger partial charge in [-0.15, -0.1) is 0 Å². The Hall–Kier alpha value is -2.49. The maximum Gasteiger partial charge on any atom is 0.317 e. The second kappa shape index (κ2) is 9.72. The Morgan fingerprint density at radius 1 is 1.08 bits per heavy atom. The molecule has 0 aliphatic heterocycles. The normalized spacial score (nSPS) is 10.6. The molecule has 0 fully saturated rings. The van der Waals surface area contributed by atoms with E-state index in [4.69, 9.17) is 4.74 Å². The van der Waals surface area contributed by atoms with E-state index in [1.165, 1.54) is 5.56 Å². The predicted molar refractivity (Wildman–Crippen MR) is 102 cm³/mol. The van der Waals surface area contributed by atoms with Gasteiger partial charge in [0, 0.05) is 13.1 Å². The quantitative estimate of drug-likeness (QED) is 0.723. The number of carbonyl (C=O) groups excluding carboxylic acids is 1. The first-order chi connectivity index (χ1) is 12.1. The molecule has 0 unspecified atom stereocenters. The van der Waals surface area contributed by atoms with E-state index in [0.29, 0.717) is 32.2 Å². The summed E-state index contributed by atoms with van der Waals surface area (Å²) in [5.74, 6) is 1.34. The largest absolute Gasteiger partial charge is 0.492 e. The summed E-state index contributed by atoms with van der Waals surface area (Å²) < 4.78 is 5.69. The monoisotopic (exact) mass is 340 g/mol. The number of urea groups is 1. The van der Waals surface area contributed by atoms with Gasteiger partial charge in [0.25, 0.3) is 0 Å². The zero-order valence-corrected chi connectivity index (χ0v) is 15.4. The van der Waals surface area contributed by atoms with Gasteiger partial charge in [0.1, 0.15) is 12.4 Å². The van der Waals surface area contributed by atoms with Gasteiger partial charge in [-0.2, -0.15) is 0 Å². The summed E-state index contributed by atoms with van der Waals surface area (Å²) in [4.78, 5) is 14.1. The van der Waals surface area contributed by atoms with Gasteiger partial charge >= 0.3 is 6.03 Å². The lowest BCUT2D eigenvalue weighted by molar-refractivity contribution is 0.195. The Labute approximate surface area is 150 Å². The number of benzene rings is 2. The smallest absolute Gasteiger partial charge is 0.317 e. The number of nitrogens with one attached hydrogen (secondary N) is 1. The first kappa shape index (κ1) is 18.8. The van der Waals surface area contributed by atoms with E-state index < -0.39 is 0 Å². The fraction of sp³-hybridized carbons (Fsp3) is 0.381. The lowest BCUT2D eigenvalue weighted by atomic mass is 10.0. The molecule has 1 N–H and O–H groups in total. The number of hydrogen-bond donors (Lipinski definition) is 1. The topological polar surface area (TPSA) is 41.6 Å². The number of rotatable bonds is 8. The predicted octanol–water partition coefficient (Wildman–Crippen LogP) is 4.42. The molecule has 0 spiro atoms. The maximum absolute atomic E-state index is 12.3. The van der Waals surface area contributed by atoms with Crippen molar-refractivity contribution in [1.29, 1.82) is 0 Å². The molecule has 2 rings (SSSR count). The van der Waals surface area contributed by atoms with Crippen LogP contribution >= 0.6 is 0 Å². The highest BCUT2D eigenvalue weighted by molar-refractivity contribution is 5.74. The van der Waals surface area contributed by atoms with Crippen LogP contribution in [-0.2, 0) is 6.54 Å². The van der Waals surface area contributed by atoms with Crippen LogP contribution in [-0.4, -0.2) is 30.6 Å². The minimum atomic E-state index is -0.0647. The molecule has 2 amide bonds. The summed E-state index contributed by atoms with van der Waals surface area (Å²) in [6, 6.07) is 18.1. The number of carbonyl (C=O) groups is 1. The van der Waals surface area contributed by atoms with Gasteiger partial charge in [-0.25, -0.2) is 4.79 Å². The van der Waals surface area contributed by atoms with Crippen LogP contribution in [0.1, 0.15) is 37.8 Å². The van der Waals surface area contributed by atoms with Crippen molar-refractivity contribution in [2.45, 2.75) is 33.2 Å². The van der Waals surface area contributed by atoms with Crippen LogP contribution in [0.15, 0.2) is 54.6 Å². The van der Waals surface area contributed by atoms with Crippen molar-refractivity contribution < 1.29 is 9.53 Å². The lowest BCUT2D eigenvalue weighted by Gasteiger charge is -2.21. The van der Waals surface area contributed by atoms with Crippen molar-refractivity contribution in [3.8, 4) is 5.75 Å². The van der Waals surface area contributed by atoms with Crippen molar-refractivity contribution >= 4 is 6.03 Å². The molecule has 0 saturated carbocycles. The van der Waals surface area contributed by atoms with Gasteiger partial charge in [0.2, 0.25) is 0 Å². The van der Waals surface area contributed by atoms with Crippen molar-refractivity contribution in [1.82, 2.24) is 10.2 Å². The fourth-order valence-corrected chi connectivity index (χ4v) is 2.52. The van der Waals surface area contributed by atoms with E-state index in [1.807, 2.05) is 49.4 Å². The standard InChI is InChI=1S/C21H28N2O2/c1-4-23(16-18-8-6-5-7-9-18)21(24)22-14-15-25-20-12-10-19(11-13-20)17(2)3/h5-13,17H,4,14-16H2,1-3H3,(H,22,24). The molecule has 0 saturated heterocycles. The first-order valence-electron chi connectivity index (χ1n) is 8.89. The van der Waals surface area contributed by atoms with Crippen LogP contribution in [0.4, 0.5) is 4.79 Å². The molecule has 0 heterocycles.